The van der Waals surface area contributed by atoms with E-state index >= 15 is 0 Å². The maximum Gasteiger partial charge on any atom is 0.246 e. The summed E-state index contributed by atoms with van der Waals surface area (Å²) in [5.74, 6) is -2.26. The molecule has 1 rings (SSSR count). The second kappa shape index (κ2) is 4.86. The lowest BCUT2D eigenvalue weighted by atomic mass is 10.3. The summed E-state index contributed by atoms with van der Waals surface area (Å²) in [5, 5.41) is 0. The topological polar surface area (TPSA) is 72.2 Å². The Morgan fingerprint density at radius 1 is 1.38 bits per heavy atom. The maximum atomic E-state index is 13.2. The number of sulfonamides is 1. The van der Waals surface area contributed by atoms with Gasteiger partial charge in [-0.15, -0.1) is 0 Å². The second-order valence-corrected chi connectivity index (χ2v) is 4.96. The summed E-state index contributed by atoms with van der Waals surface area (Å²) in [7, 11) is -4.21. The highest BCUT2D eigenvalue weighted by Gasteiger charge is 2.24. The molecule has 0 saturated carbocycles. The fourth-order valence-electron chi connectivity index (χ4n) is 1.11. The molecule has 0 amide bonds. The van der Waals surface area contributed by atoms with Crippen molar-refractivity contribution < 1.29 is 17.2 Å². The molecule has 90 valence electrons. The molecule has 0 aliphatic heterocycles. The highest BCUT2D eigenvalue weighted by molar-refractivity contribution is 7.89. The Morgan fingerprint density at radius 3 is 2.31 bits per heavy atom. The van der Waals surface area contributed by atoms with Crippen LogP contribution in [-0.2, 0) is 10.0 Å². The summed E-state index contributed by atoms with van der Waals surface area (Å²) in [4.78, 5) is -0.977. The number of halogens is 2. The Kier molecular flexibility index (Phi) is 3.95. The SMILES string of the molecule is C[C@@H](CN)NS(=O)(=O)c1c(F)cccc1F. The highest BCUT2D eigenvalue weighted by Crippen LogP contribution is 2.18. The quantitative estimate of drug-likeness (QED) is 0.821. The zero-order chi connectivity index (χ0) is 12.3. The van der Waals surface area contributed by atoms with Crippen LogP contribution in [-0.4, -0.2) is 21.0 Å². The van der Waals surface area contributed by atoms with Gasteiger partial charge in [0.05, 0.1) is 0 Å². The zero-order valence-electron chi connectivity index (χ0n) is 8.57. The van der Waals surface area contributed by atoms with Crippen LogP contribution in [0.25, 0.3) is 0 Å². The number of hydrogen-bond donors (Lipinski definition) is 2. The average Bonchev–Trinajstić information content (AvgIpc) is 2.16. The lowest BCUT2D eigenvalue weighted by Crippen LogP contribution is -2.38. The van der Waals surface area contributed by atoms with Gasteiger partial charge in [-0.05, 0) is 19.1 Å². The predicted octanol–water partition coefficient (Wildman–Crippen LogP) is 0.590. The fraction of sp³-hybridized carbons (Fsp3) is 0.333. The Labute approximate surface area is 92.5 Å². The Hall–Kier alpha value is -1.05. The van der Waals surface area contributed by atoms with Gasteiger partial charge in [-0.25, -0.2) is 21.9 Å². The molecule has 0 spiro atoms. The van der Waals surface area contributed by atoms with Crippen molar-refractivity contribution in [3.8, 4) is 0 Å². The summed E-state index contributed by atoms with van der Waals surface area (Å²) < 4.78 is 51.7. The molecule has 0 aromatic heterocycles. The molecular weight excluding hydrogens is 238 g/mol. The van der Waals surface area contributed by atoms with Crippen molar-refractivity contribution in [2.45, 2.75) is 17.9 Å². The predicted molar refractivity (Wildman–Crippen MR) is 55.2 cm³/mol. The van der Waals surface area contributed by atoms with E-state index in [4.69, 9.17) is 5.73 Å². The van der Waals surface area contributed by atoms with E-state index < -0.39 is 32.6 Å². The highest BCUT2D eigenvalue weighted by atomic mass is 32.2. The summed E-state index contributed by atoms with van der Waals surface area (Å²) in [6.45, 7) is 1.53. The normalized spacial score (nSPS) is 13.8. The van der Waals surface area contributed by atoms with Crippen LogP contribution < -0.4 is 10.5 Å². The molecule has 1 aromatic rings. The second-order valence-electron chi connectivity index (χ2n) is 3.31. The molecule has 0 fully saturated rings. The summed E-state index contributed by atoms with van der Waals surface area (Å²) >= 11 is 0. The summed E-state index contributed by atoms with van der Waals surface area (Å²) in [5.41, 5.74) is 5.22. The number of nitrogens with two attached hydrogens (primary N) is 1. The molecule has 7 heteroatoms. The Bertz CT molecular complexity index is 456. The van der Waals surface area contributed by atoms with Crippen LogP contribution in [0.15, 0.2) is 23.1 Å². The van der Waals surface area contributed by atoms with Crippen molar-refractivity contribution in [1.82, 2.24) is 4.72 Å². The van der Waals surface area contributed by atoms with Gasteiger partial charge in [0.2, 0.25) is 10.0 Å². The molecule has 4 nitrogen and oxygen atoms in total. The number of hydrogen-bond acceptors (Lipinski definition) is 3. The maximum absolute atomic E-state index is 13.2. The molecule has 0 unspecified atom stereocenters. The molecule has 1 aromatic carbocycles. The molecular formula is C9H12F2N2O2S. The van der Waals surface area contributed by atoms with E-state index in [1.165, 1.54) is 6.92 Å². The fourth-order valence-corrected chi connectivity index (χ4v) is 2.50. The summed E-state index contributed by atoms with van der Waals surface area (Å²) in [6.07, 6.45) is 0. The minimum atomic E-state index is -4.21. The van der Waals surface area contributed by atoms with E-state index in [1.54, 1.807) is 0 Å². The van der Waals surface area contributed by atoms with Crippen LogP contribution in [0, 0.1) is 11.6 Å². The first-order valence-electron chi connectivity index (χ1n) is 4.55. The first-order chi connectivity index (χ1) is 7.38. The van der Waals surface area contributed by atoms with Gasteiger partial charge in [-0.3, -0.25) is 0 Å². The van der Waals surface area contributed by atoms with E-state index in [0.29, 0.717) is 0 Å². The minimum Gasteiger partial charge on any atom is -0.329 e. The largest absolute Gasteiger partial charge is 0.329 e. The van der Waals surface area contributed by atoms with E-state index in [-0.39, 0.29) is 6.54 Å². The summed E-state index contributed by atoms with van der Waals surface area (Å²) in [6, 6.07) is 2.26. The van der Waals surface area contributed by atoms with Crippen molar-refractivity contribution in [3.05, 3.63) is 29.8 Å². The van der Waals surface area contributed by atoms with Gasteiger partial charge in [0, 0.05) is 12.6 Å². The molecule has 0 heterocycles. The first kappa shape index (κ1) is 13.0. The minimum absolute atomic E-state index is 0.0370. The Balaban J connectivity index is 3.17. The van der Waals surface area contributed by atoms with Crippen LogP contribution in [0.3, 0.4) is 0 Å². The molecule has 0 aliphatic rings. The number of rotatable bonds is 4. The van der Waals surface area contributed by atoms with Crippen molar-refractivity contribution in [2.24, 2.45) is 5.73 Å². The monoisotopic (exact) mass is 250 g/mol. The van der Waals surface area contributed by atoms with Crippen molar-refractivity contribution in [2.75, 3.05) is 6.54 Å². The van der Waals surface area contributed by atoms with Crippen molar-refractivity contribution >= 4 is 10.0 Å². The van der Waals surface area contributed by atoms with E-state index in [9.17, 15) is 17.2 Å². The van der Waals surface area contributed by atoms with Crippen LogP contribution in [0.5, 0.6) is 0 Å². The lowest BCUT2D eigenvalue weighted by Gasteiger charge is -2.12. The molecule has 16 heavy (non-hydrogen) atoms. The van der Waals surface area contributed by atoms with E-state index in [0.717, 1.165) is 18.2 Å². The molecule has 0 radical (unpaired) electrons. The third-order valence-corrected chi connectivity index (χ3v) is 3.54. The van der Waals surface area contributed by atoms with Gasteiger partial charge in [-0.1, -0.05) is 6.07 Å². The van der Waals surface area contributed by atoms with Crippen molar-refractivity contribution in [1.29, 1.82) is 0 Å². The van der Waals surface area contributed by atoms with Gasteiger partial charge in [0.25, 0.3) is 0 Å². The van der Waals surface area contributed by atoms with Crippen LogP contribution >= 0.6 is 0 Å². The van der Waals surface area contributed by atoms with Gasteiger partial charge in [-0.2, -0.15) is 0 Å². The molecule has 0 saturated heterocycles. The third kappa shape index (κ3) is 2.75. The standard InChI is InChI=1S/C9H12F2N2O2S/c1-6(5-12)13-16(14,15)9-7(10)3-2-4-8(9)11/h2-4,6,13H,5,12H2,1H3/t6-/m0/s1. The van der Waals surface area contributed by atoms with Gasteiger partial charge >= 0.3 is 0 Å². The van der Waals surface area contributed by atoms with Crippen molar-refractivity contribution in [3.63, 3.8) is 0 Å². The zero-order valence-corrected chi connectivity index (χ0v) is 9.39. The van der Waals surface area contributed by atoms with Crippen LogP contribution in [0.4, 0.5) is 8.78 Å². The smallest absolute Gasteiger partial charge is 0.246 e. The molecule has 0 aliphatic carbocycles. The number of nitrogens with one attached hydrogen (secondary N) is 1. The molecule has 1 atom stereocenters. The molecule has 3 N–H and O–H groups in total. The van der Waals surface area contributed by atoms with Gasteiger partial charge in [0.1, 0.15) is 11.6 Å². The van der Waals surface area contributed by atoms with E-state index in [1.807, 2.05) is 0 Å². The van der Waals surface area contributed by atoms with E-state index in [2.05, 4.69) is 4.72 Å². The van der Waals surface area contributed by atoms with Gasteiger partial charge in [0.15, 0.2) is 4.90 Å². The number of benzene rings is 1. The molecule has 0 bridgehead atoms. The van der Waals surface area contributed by atoms with Crippen LogP contribution in [0.1, 0.15) is 6.92 Å². The third-order valence-electron chi connectivity index (χ3n) is 1.90. The average molecular weight is 250 g/mol. The Morgan fingerprint density at radius 2 is 1.88 bits per heavy atom. The van der Waals surface area contributed by atoms with Gasteiger partial charge < -0.3 is 5.73 Å². The van der Waals surface area contributed by atoms with Crippen LogP contribution in [0.2, 0.25) is 0 Å². The first-order valence-corrected chi connectivity index (χ1v) is 6.03. The lowest BCUT2D eigenvalue weighted by molar-refractivity contribution is 0.508.